The Labute approximate surface area is 198 Å². The van der Waals surface area contributed by atoms with Crippen LogP contribution in [0.5, 0.6) is 5.75 Å². The van der Waals surface area contributed by atoms with Crippen molar-refractivity contribution in [1.82, 2.24) is 0 Å². The molecule has 0 aliphatic rings. The average molecular weight is 562 g/mol. The molecule has 0 amide bonds. The summed E-state index contributed by atoms with van der Waals surface area (Å²) in [5.74, 6) is 0.470. The maximum atomic E-state index is 13.1. The van der Waals surface area contributed by atoms with E-state index in [1.807, 2.05) is 45.0 Å². The van der Waals surface area contributed by atoms with Gasteiger partial charge in [0.2, 0.25) is 0 Å². The second kappa shape index (κ2) is 11.0. The van der Waals surface area contributed by atoms with Crippen molar-refractivity contribution in [1.29, 1.82) is 0 Å². The number of ketones is 1. The number of benzene rings is 1. The van der Waals surface area contributed by atoms with Crippen molar-refractivity contribution in [2.45, 2.75) is 40.2 Å². The van der Waals surface area contributed by atoms with Gasteiger partial charge >= 0.3 is 5.97 Å². The third-order valence-electron chi connectivity index (χ3n) is 5.06. The Morgan fingerprint density at radius 1 is 1.30 bits per heavy atom. The van der Waals surface area contributed by atoms with Gasteiger partial charge in [-0.2, -0.15) is 0 Å². The number of rotatable bonds is 10. The largest absolute Gasteiger partial charge is 0.495 e. The first-order chi connectivity index (χ1) is 14.2. The predicted molar refractivity (Wildman–Crippen MR) is 131 cm³/mol. The van der Waals surface area contributed by atoms with Crippen molar-refractivity contribution in [3.8, 4) is 5.75 Å². The first kappa shape index (κ1) is 25.2. The molecule has 1 N–H and O–H groups in total. The van der Waals surface area contributed by atoms with Crippen LogP contribution < -0.4 is 4.74 Å². The molecule has 0 fully saturated rings. The molecule has 30 heavy (non-hydrogen) atoms. The third-order valence-corrected chi connectivity index (χ3v) is 7.98. The highest BCUT2D eigenvalue weighted by atomic mass is 127. The molecule has 8 heteroatoms. The molecule has 0 aliphatic heterocycles. The molecule has 1 unspecified atom stereocenters. The Morgan fingerprint density at radius 3 is 2.53 bits per heavy atom. The van der Waals surface area contributed by atoms with Crippen LogP contribution in [0.2, 0.25) is 0 Å². The SMILES string of the molecule is COc1cc(C(c2ccc(C)c(CO)c2)C(C)(C)C(=O)OCCSI)sc1C(C)=O. The van der Waals surface area contributed by atoms with Gasteiger partial charge in [0.15, 0.2) is 5.78 Å². The first-order valence-electron chi connectivity index (χ1n) is 9.47. The molecule has 1 aromatic heterocycles. The number of methoxy groups -OCH3 is 1. The minimum atomic E-state index is -0.901. The lowest BCUT2D eigenvalue weighted by molar-refractivity contribution is -0.154. The lowest BCUT2D eigenvalue weighted by Crippen LogP contribution is -2.34. The summed E-state index contributed by atoms with van der Waals surface area (Å²) in [5.41, 5.74) is 1.77. The number of carbonyl (C=O) groups is 2. The second-order valence-electron chi connectivity index (χ2n) is 7.55. The molecule has 1 heterocycles. The number of esters is 1. The maximum Gasteiger partial charge on any atom is 0.312 e. The fourth-order valence-electron chi connectivity index (χ4n) is 3.38. The number of aliphatic hydroxyl groups is 1. The minimum absolute atomic E-state index is 0.0822. The molecule has 164 valence electrons. The van der Waals surface area contributed by atoms with E-state index in [2.05, 4.69) is 21.2 Å². The van der Waals surface area contributed by atoms with Crippen LogP contribution >= 0.6 is 41.5 Å². The van der Waals surface area contributed by atoms with Crippen LogP contribution in [0.1, 0.15) is 57.9 Å². The van der Waals surface area contributed by atoms with Crippen LogP contribution in [0.3, 0.4) is 0 Å². The number of halogens is 1. The highest BCUT2D eigenvalue weighted by Crippen LogP contribution is 2.47. The van der Waals surface area contributed by atoms with Crippen molar-refractivity contribution in [3.63, 3.8) is 0 Å². The summed E-state index contributed by atoms with van der Waals surface area (Å²) >= 11 is 3.51. The monoisotopic (exact) mass is 562 g/mol. The number of carbonyl (C=O) groups excluding carboxylic acids is 2. The van der Waals surface area contributed by atoms with Gasteiger partial charge in [-0.25, -0.2) is 0 Å². The standard InChI is InChI=1S/C22H27IO5S2/c1-13-6-7-15(10-16(13)12-24)19(22(3,4)21(26)28-8-9-29-23)18-11-17(27-5)20(30-18)14(2)25/h6-7,10-11,19,24H,8-9,12H2,1-5H3. The summed E-state index contributed by atoms with van der Waals surface area (Å²) in [7, 11) is 3.12. The Kier molecular flexibility index (Phi) is 9.20. The van der Waals surface area contributed by atoms with Crippen molar-refractivity contribution in [3.05, 3.63) is 50.7 Å². The summed E-state index contributed by atoms with van der Waals surface area (Å²) in [4.78, 5) is 26.5. The highest BCUT2D eigenvalue weighted by molar-refractivity contribution is 14.2. The van der Waals surface area contributed by atoms with E-state index in [0.29, 0.717) is 23.0 Å². The van der Waals surface area contributed by atoms with Gasteiger partial charge in [-0.1, -0.05) is 27.1 Å². The first-order valence-corrected chi connectivity index (χ1v) is 13.8. The van der Waals surface area contributed by atoms with Crippen LogP contribution in [0.25, 0.3) is 0 Å². The fraction of sp³-hybridized carbons (Fsp3) is 0.455. The molecule has 0 aliphatic carbocycles. The number of ether oxygens (including phenoxy) is 2. The van der Waals surface area contributed by atoms with Crippen LogP contribution in [-0.4, -0.2) is 36.3 Å². The van der Waals surface area contributed by atoms with Gasteiger partial charge < -0.3 is 14.6 Å². The summed E-state index contributed by atoms with van der Waals surface area (Å²) in [6, 6.07) is 7.67. The van der Waals surface area contributed by atoms with Crippen molar-refractivity contribution < 1.29 is 24.2 Å². The molecule has 1 aromatic carbocycles. The minimum Gasteiger partial charge on any atom is -0.495 e. The lowest BCUT2D eigenvalue weighted by Gasteiger charge is -2.32. The van der Waals surface area contributed by atoms with E-state index in [4.69, 9.17) is 9.47 Å². The fourth-order valence-corrected chi connectivity index (χ4v) is 5.40. The molecular weight excluding hydrogens is 535 g/mol. The van der Waals surface area contributed by atoms with Crippen LogP contribution in [-0.2, 0) is 16.1 Å². The number of thiophene rings is 1. The molecule has 5 nitrogen and oxygen atoms in total. The number of aliphatic hydroxyl groups excluding tert-OH is 1. The van der Waals surface area contributed by atoms with Crippen molar-refractivity contribution >= 4 is 53.2 Å². The van der Waals surface area contributed by atoms with Gasteiger partial charge in [0.1, 0.15) is 17.2 Å². The number of aryl methyl sites for hydroxylation is 1. The smallest absolute Gasteiger partial charge is 0.312 e. The lowest BCUT2D eigenvalue weighted by atomic mass is 9.73. The van der Waals surface area contributed by atoms with Crippen molar-refractivity contribution in [2.75, 3.05) is 19.5 Å². The highest BCUT2D eigenvalue weighted by Gasteiger charge is 2.42. The van der Waals surface area contributed by atoms with Crippen molar-refractivity contribution in [2.24, 2.45) is 5.41 Å². The van der Waals surface area contributed by atoms with E-state index in [-0.39, 0.29) is 24.3 Å². The van der Waals surface area contributed by atoms with Crippen LogP contribution in [0.4, 0.5) is 0 Å². The van der Waals surface area contributed by atoms with Crippen LogP contribution in [0, 0.1) is 12.3 Å². The van der Waals surface area contributed by atoms with Crippen LogP contribution in [0.15, 0.2) is 24.3 Å². The molecule has 0 saturated heterocycles. The zero-order valence-electron chi connectivity index (χ0n) is 17.8. The van der Waals surface area contributed by atoms with E-state index in [0.717, 1.165) is 21.6 Å². The molecule has 1 atom stereocenters. The molecule has 2 rings (SSSR count). The molecule has 0 radical (unpaired) electrons. The maximum absolute atomic E-state index is 13.1. The zero-order valence-corrected chi connectivity index (χ0v) is 21.6. The third kappa shape index (κ3) is 5.57. The number of hydrogen-bond acceptors (Lipinski definition) is 7. The molecule has 0 bridgehead atoms. The molecular formula is C22H27IO5S2. The molecule has 2 aromatic rings. The quantitative estimate of drug-likeness (QED) is 0.177. The normalized spacial score (nSPS) is 12.5. The molecule has 0 spiro atoms. The van der Waals surface area contributed by atoms with Gasteiger partial charge in [0.05, 0.1) is 19.1 Å². The van der Waals surface area contributed by atoms with Gasteiger partial charge in [0, 0.05) is 23.5 Å². The summed E-state index contributed by atoms with van der Waals surface area (Å²) < 4.78 is 11.0. The van der Waals surface area contributed by atoms with E-state index >= 15 is 0 Å². The topological polar surface area (TPSA) is 72.8 Å². The van der Waals surface area contributed by atoms with E-state index in [1.54, 1.807) is 8.93 Å². The van der Waals surface area contributed by atoms with Gasteiger partial charge in [-0.05, 0) is 64.7 Å². The predicted octanol–water partition coefficient (Wildman–Crippen LogP) is 5.54. The second-order valence-corrected chi connectivity index (χ2v) is 11.1. The zero-order chi connectivity index (χ0) is 22.5. The number of hydrogen-bond donors (Lipinski definition) is 1. The van der Waals surface area contributed by atoms with Gasteiger partial charge in [-0.3, -0.25) is 9.59 Å². The Morgan fingerprint density at radius 2 is 2.00 bits per heavy atom. The average Bonchev–Trinajstić information content (AvgIpc) is 3.13. The Bertz CT molecular complexity index is 907. The Balaban J connectivity index is 2.61. The summed E-state index contributed by atoms with van der Waals surface area (Å²) in [5, 5.41) is 9.75. The molecule has 0 saturated carbocycles. The van der Waals surface area contributed by atoms with E-state index in [1.165, 1.54) is 25.4 Å². The summed E-state index contributed by atoms with van der Waals surface area (Å²) in [6.45, 7) is 7.41. The van der Waals surface area contributed by atoms with Gasteiger partial charge in [-0.15, -0.1) is 11.3 Å². The number of Topliss-reactive ketones (excluding diaryl/α,β-unsaturated/α-hetero) is 1. The van der Waals surface area contributed by atoms with E-state index < -0.39 is 5.41 Å². The Hall–Kier alpha value is -1.10. The van der Waals surface area contributed by atoms with Gasteiger partial charge in [0.25, 0.3) is 0 Å². The van der Waals surface area contributed by atoms with E-state index in [9.17, 15) is 14.7 Å². The summed E-state index contributed by atoms with van der Waals surface area (Å²) in [6.07, 6.45) is 0.